The highest BCUT2D eigenvalue weighted by Gasteiger charge is 2.36. The first-order valence-corrected chi connectivity index (χ1v) is 7.66. The van der Waals surface area contributed by atoms with Crippen LogP contribution in [0.5, 0.6) is 0 Å². The summed E-state index contributed by atoms with van der Waals surface area (Å²) in [4.78, 5) is 25.8. The van der Waals surface area contributed by atoms with E-state index in [9.17, 15) is 9.59 Å². The van der Waals surface area contributed by atoms with E-state index in [0.29, 0.717) is 6.04 Å². The first kappa shape index (κ1) is 14.6. The van der Waals surface area contributed by atoms with Crippen LogP contribution >= 0.6 is 0 Å². The van der Waals surface area contributed by atoms with Gasteiger partial charge in [-0.2, -0.15) is 0 Å². The summed E-state index contributed by atoms with van der Waals surface area (Å²) >= 11 is 0. The van der Waals surface area contributed by atoms with Gasteiger partial charge in [0.2, 0.25) is 5.91 Å². The molecule has 3 rings (SSSR count). The number of nitrogens with zero attached hydrogens (tertiary/aromatic N) is 1. The Hall–Kier alpha value is -2.30. The van der Waals surface area contributed by atoms with Gasteiger partial charge in [-0.05, 0) is 24.8 Å². The lowest BCUT2D eigenvalue weighted by Gasteiger charge is -2.31. The van der Waals surface area contributed by atoms with Crippen molar-refractivity contribution in [3.63, 3.8) is 0 Å². The van der Waals surface area contributed by atoms with Gasteiger partial charge in [0.05, 0.1) is 6.04 Å². The third-order valence-electron chi connectivity index (χ3n) is 4.20. The molecule has 5 heteroatoms. The van der Waals surface area contributed by atoms with E-state index in [0.717, 1.165) is 24.8 Å². The van der Waals surface area contributed by atoms with Crippen LogP contribution in [0.15, 0.2) is 42.5 Å². The number of ether oxygens (including phenoxy) is 1. The molecule has 2 heterocycles. The van der Waals surface area contributed by atoms with Crippen molar-refractivity contribution in [2.24, 2.45) is 0 Å². The van der Waals surface area contributed by atoms with Gasteiger partial charge in [-0.15, -0.1) is 0 Å². The van der Waals surface area contributed by atoms with Gasteiger partial charge in [0.25, 0.3) is 0 Å². The van der Waals surface area contributed by atoms with Crippen LogP contribution in [0, 0.1) is 0 Å². The number of amides is 2. The SMILES string of the molecule is O=C(NCC(=O)N1C2C=CCC1CC2)OCc1ccccc1. The van der Waals surface area contributed by atoms with Crippen LogP contribution in [-0.2, 0) is 16.1 Å². The summed E-state index contributed by atoms with van der Waals surface area (Å²) in [7, 11) is 0. The summed E-state index contributed by atoms with van der Waals surface area (Å²) in [6.45, 7) is 0.201. The van der Waals surface area contributed by atoms with Gasteiger partial charge in [-0.1, -0.05) is 42.5 Å². The zero-order valence-corrected chi connectivity index (χ0v) is 12.4. The average molecular weight is 300 g/mol. The van der Waals surface area contributed by atoms with Crippen molar-refractivity contribution >= 4 is 12.0 Å². The monoisotopic (exact) mass is 300 g/mol. The van der Waals surface area contributed by atoms with Gasteiger partial charge in [-0.25, -0.2) is 4.79 Å². The molecule has 1 aromatic carbocycles. The lowest BCUT2D eigenvalue weighted by molar-refractivity contribution is -0.132. The highest BCUT2D eigenvalue weighted by atomic mass is 16.5. The molecule has 1 fully saturated rings. The molecule has 0 aliphatic carbocycles. The molecule has 2 amide bonds. The van der Waals surface area contributed by atoms with E-state index in [2.05, 4.69) is 17.5 Å². The third kappa shape index (κ3) is 3.30. The number of hydrogen-bond donors (Lipinski definition) is 1. The first-order chi connectivity index (χ1) is 10.7. The van der Waals surface area contributed by atoms with Gasteiger partial charge in [0.1, 0.15) is 13.2 Å². The summed E-state index contributed by atoms with van der Waals surface area (Å²) < 4.78 is 5.10. The number of carbonyl (C=O) groups excluding carboxylic acids is 2. The Morgan fingerprint density at radius 3 is 2.82 bits per heavy atom. The second kappa shape index (κ2) is 6.64. The number of rotatable bonds is 4. The molecular formula is C17H20N2O3. The maximum Gasteiger partial charge on any atom is 0.407 e. The molecule has 2 aliphatic rings. The first-order valence-electron chi connectivity index (χ1n) is 7.66. The molecule has 2 aliphatic heterocycles. The van der Waals surface area contributed by atoms with Gasteiger partial charge < -0.3 is 15.0 Å². The fraction of sp³-hybridized carbons (Fsp3) is 0.412. The van der Waals surface area contributed by atoms with Crippen molar-refractivity contribution in [3.8, 4) is 0 Å². The number of alkyl carbamates (subject to hydrolysis) is 1. The zero-order chi connectivity index (χ0) is 15.4. The van der Waals surface area contributed by atoms with E-state index in [1.54, 1.807) is 0 Å². The van der Waals surface area contributed by atoms with Crippen LogP contribution in [-0.4, -0.2) is 35.5 Å². The molecule has 116 valence electrons. The molecule has 0 spiro atoms. The minimum Gasteiger partial charge on any atom is -0.445 e. The molecule has 2 atom stereocenters. The van der Waals surface area contributed by atoms with Crippen LogP contribution in [0.3, 0.4) is 0 Å². The van der Waals surface area contributed by atoms with Crippen molar-refractivity contribution < 1.29 is 14.3 Å². The molecule has 0 saturated carbocycles. The van der Waals surface area contributed by atoms with Gasteiger partial charge >= 0.3 is 6.09 Å². The Morgan fingerprint density at radius 2 is 2.05 bits per heavy atom. The number of benzene rings is 1. The van der Waals surface area contributed by atoms with Crippen LogP contribution in [0.25, 0.3) is 0 Å². The third-order valence-corrected chi connectivity index (χ3v) is 4.20. The standard InChI is InChI=1S/C17H20N2O3/c20-16(19-14-7-4-8-15(19)10-9-14)11-18-17(21)22-12-13-5-2-1-3-6-13/h1-7,14-15H,8-12H2,(H,18,21). The maximum atomic E-state index is 12.3. The Kier molecular flexibility index (Phi) is 4.42. The summed E-state index contributed by atoms with van der Waals surface area (Å²) in [6, 6.07) is 9.95. The summed E-state index contributed by atoms with van der Waals surface area (Å²) in [5.41, 5.74) is 0.920. The van der Waals surface area contributed by atoms with Crippen LogP contribution in [0.4, 0.5) is 4.79 Å². The van der Waals surface area contributed by atoms with E-state index < -0.39 is 6.09 Å². The topological polar surface area (TPSA) is 58.6 Å². The smallest absolute Gasteiger partial charge is 0.407 e. The van der Waals surface area contributed by atoms with E-state index in [-0.39, 0.29) is 25.1 Å². The quantitative estimate of drug-likeness (QED) is 0.868. The van der Waals surface area contributed by atoms with Crippen molar-refractivity contribution in [2.45, 2.75) is 38.0 Å². The van der Waals surface area contributed by atoms with Crippen LogP contribution in [0.2, 0.25) is 0 Å². The molecule has 2 unspecified atom stereocenters. The normalized spacial score (nSPS) is 22.5. The fourth-order valence-corrected chi connectivity index (χ4v) is 3.13. The second-order valence-corrected chi connectivity index (χ2v) is 5.68. The van der Waals surface area contributed by atoms with E-state index in [1.165, 1.54) is 0 Å². The predicted octanol–water partition coefficient (Wildman–Crippen LogP) is 2.23. The van der Waals surface area contributed by atoms with Crippen molar-refractivity contribution in [2.75, 3.05) is 6.54 Å². The molecule has 5 nitrogen and oxygen atoms in total. The number of carbonyl (C=O) groups is 2. The minimum atomic E-state index is -0.558. The van der Waals surface area contributed by atoms with Gasteiger partial charge in [-0.3, -0.25) is 4.79 Å². The maximum absolute atomic E-state index is 12.3. The number of fused-ring (bicyclic) bond motifs is 2. The predicted molar refractivity (Wildman–Crippen MR) is 82.0 cm³/mol. The van der Waals surface area contributed by atoms with E-state index in [4.69, 9.17) is 4.74 Å². The Morgan fingerprint density at radius 1 is 1.23 bits per heavy atom. The number of nitrogens with one attached hydrogen (secondary N) is 1. The van der Waals surface area contributed by atoms with Gasteiger partial charge in [0.15, 0.2) is 0 Å². The molecule has 2 bridgehead atoms. The summed E-state index contributed by atoms with van der Waals surface area (Å²) in [5.74, 6) is -0.0338. The Bertz CT molecular complexity index is 571. The molecule has 1 N–H and O–H groups in total. The molecular weight excluding hydrogens is 280 g/mol. The second-order valence-electron chi connectivity index (χ2n) is 5.68. The van der Waals surface area contributed by atoms with Crippen molar-refractivity contribution in [1.82, 2.24) is 10.2 Å². The lowest BCUT2D eigenvalue weighted by Crippen LogP contribution is -2.47. The Labute approximate surface area is 129 Å². The van der Waals surface area contributed by atoms with E-state index >= 15 is 0 Å². The minimum absolute atomic E-state index is 0.00549. The largest absolute Gasteiger partial charge is 0.445 e. The highest BCUT2D eigenvalue weighted by molar-refractivity contribution is 5.83. The highest BCUT2D eigenvalue weighted by Crippen LogP contribution is 2.31. The Balaban J connectivity index is 1.43. The van der Waals surface area contributed by atoms with Crippen molar-refractivity contribution in [1.29, 1.82) is 0 Å². The molecule has 22 heavy (non-hydrogen) atoms. The molecule has 1 aromatic rings. The molecule has 1 saturated heterocycles. The lowest BCUT2D eigenvalue weighted by atomic mass is 10.1. The summed E-state index contributed by atoms with van der Waals surface area (Å²) in [6.07, 6.45) is 6.66. The number of hydrogen-bond acceptors (Lipinski definition) is 3. The molecule has 0 aromatic heterocycles. The van der Waals surface area contributed by atoms with Gasteiger partial charge in [0, 0.05) is 6.04 Å². The van der Waals surface area contributed by atoms with Crippen LogP contribution < -0.4 is 5.32 Å². The fourth-order valence-electron chi connectivity index (χ4n) is 3.13. The van der Waals surface area contributed by atoms with Crippen molar-refractivity contribution in [3.05, 3.63) is 48.0 Å². The molecule has 0 radical (unpaired) electrons. The summed E-state index contributed by atoms with van der Waals surface area (Å²) in [5, 5.41) is 2.54. The average Bonchev–Trinajstić information content (AvgIpc) is 2.81. The van der Waals surface area contributed by atoms with E-state index in [1.807, 2.05) is 35.2 Å². The zero-order valence-electron chi connectivity index (χ0n) is 12.4. The van der Waals surface area contributed by atoms with Crippen LogP contribution in [0.1, 0.15) is 24.8 Å².